The largest absolute Gasteiger partial charge is 0.355 e. The molecule has 0 saturated carbocycles. The first-order valence-corrected chi connectivity index (χ1v) is 9.65. The van der Waals surface area contributed by atoms with Gasteiger partial charge < -0.3 is 9.88 Å². The Bertz CT molecular complexity index is 864. The van der Waals surface area contributed by atoms with Gasteiger partial charge >= 0.3 is 0 Å². The number of aryl methyl sites for hydroxylation is 2. The van der Waals surface area contributed by atoms with Crippen molar-refractivity contribution in [3.8, 4) is 6.07 Å². The smallest absolute Gasteiger partial charge is 0.235 e. The van der Waals surface area contributed by atoms with Crippen LogP contribution in [0.3, 0.4) is 0 Å². The first-order chi connectivity index (χ1) is 11.9. The second-order valence-corrected chi connectivity index (χ2v) is 7.78. The van der Waals surface area contributed by atoms with E-state index >= 15 is 0 Å². The van der Waals surface area contributed by atoms with E-state index in [1.54, 1.807) is 30.5 Å². The third-order valence-corrected chi connectivity index (χ3v) is 5.12. The Hall–Kier alpha value is -2.66. The molecule has 1 heterocycles. The topological polar surface area (TPSA) is 105 Å². The van der Waals surface area contributed by atoms with Crippen LogP contribution in [-0.4, -0.2) is 36.2 Å². The maximum absolute atomic E-state index is 12.1. The number of benzene rings is 1. The number of sulfone groups is 1. The lowest BCUT2D eigenvalue weighted by Gasteiger charge is -2.08. The number of nitrogens with one attached hydrogen (secondary N) is 1. The third-order valence-electron chi connectivity index (χ3n) is 3.64. The van der Waals surface area contributed by atoms with E-state index in [9.17, 15) is 13.2 Å². The number of carbonyl (C=O) groups excluding carboxylic acids is 1. The molecule has 1 aromatic heterocycles. The van der Waals surface area contributed by atoms with Crippen molar-refractivity contribution in [3.05, 3.63) is 53.6 Å². The minimum Gasteiger partial charge on any atom is -0.355 e. The van der Waals surface area contributed by atoms with Crippen LogP contribution in [0.4, 0.5) is 0 Å². The minimum absolute atomic E-state index is 0.222. The van der Waals surface area contributed by atoms with E-state index in [2.05, 4.69) is 10.3 Å². The summed E-state index contributed by atoms with van der Waals surface area (Å²) in [5.74, 6) is -0.371. The van der Waals surface area contributed by atoms with Crippen LogP contribution in [0.2, 0.25) is 0 Å². The Morgan fingerprint density at radius 2 is 2.04 bits per heavy atom. The molecule has 0 spiro atoms. The van der Waals surface area contributed by atoms with E-state index in [-0.39, 0.29) is 5.75 Å². The number of imidazole rings is 1. The highest BCUT2D eigenvalue weighted by atomic mass is 32.2. The van der Waals surface area contributed by atoms with Crippen molar-refractivity contribution in [3.63, 3.8) is 0 Å². The zero-order valence-corrected chi connectivity index (χ0v) is 14.8. The SMILES string of the molecule is Cc1nccn1CCCNC(=O)CS(=O)(=O)Cc1ccc(C#N)cc1. The fourth-order valence-corrected chi connectivity index (χ4v) is 3.65. The molecule has 0 bridgehead atoms. The monoisotopic (exact) mass is 360 g/mol. The van der Waals surface area contributed by atoms with Gasteiger partial charge in [0.1, 0.15) is 11.6 Å². The second-order valence-electron chi connectivity index (χ2n) is 5.71. The van der Waals surface area contributed by atoms with E-state index in [1.807, 2.05) is 23.8 Å². The van der Waals surface area contributed by atoms with Crippen LogP contribution in [0.15, 0.2) is 36.7 Å². The Kier molecular flexibility index (Phi) is 6.31. The summed E-state index contributed by atoms with van der Waals surface area (Å²) in [7, 11) is -3.55. The van der Waals surface area contributed by atoms with Crippen LogP contribution in [0.25, 0.3) is 0 Å². The average molecular weight is 360 g/mol. The molecule has 2 aromatic rings. The first kappa shape index (κ1) is 18.7. The van der Waals surface area contributed by atoms with Crippen molar-refractivity contribution >= 4 is 15.7 Å². The van der Waals surface area contributed by atoms with Gasteiger partial charge in [0.15, 0.2) is 9.84 Å². The van der Waals surface area contributed by atoms with E-state index in [0.717, 1.165) is 5.82 Å². The normalized spacial score (nSPS) is 11.0. The van der Waals surface area contributed by atoms with Crippen LogP contribution >= 0.6 is 0 Å². The van der Waals surface area contributed by atoms with E-state index < -0.39 is 21.5 Å². The van der Waals surface area contributed by atoms with Gasteiger partial charge in [0.05, 0.1) is 17.4 Å². The number of rotatable bonds is 8. The zero-order chi connectivity index (χ0) is 18.3. The molecule has 25 heavy (non-hydrogen) atoms. The third kappa shape index (κ3) is 6.04. The molecule has 1 aromatic carbocycles. The van der Waals surface area contributed by atoms with Gasteiger partial charge in [-0.2, -0.15) is 5.26 Å². The number of hydrogen-bond donors (Lipinski definition) is 1. The first-order valence-electron chi connectivity index (χ1n) is 7.83. The van der Waals surface area contributed by atoms with Gasteiger partial charge in [-0.15, -0.1) is 0 Å². The number of nitrogens with zero attached hydrogens (tertiary/aromatic N) is 3. The Balaban J connectivity index is 1.76. The summed E-state index contributed by atoms with van der Waals surface area (Å²) in [6, 6.07) is 8.26. The molecule has 7 nitrogen and oxygen atoms in total. The van der Waals surface area contributed by atoms with E-state index in [4.69, 9.17) is 5.26 Å². The van der Waals surface area contributed by atoms with Gasteiger partial charge in [-0.3, -0.25) is 4.79 Å². The highest BCUT2D eigenvalue weighted by Crippen LogP contribution is 2.08. The van der Waals surface area contributed by atoms with Gasteiger partial charge in [-0.25, -0.2) is 13.4 Å². The number of amides is 1. The Morgan fingerprint density at radius 3 is 2.64 bits per heavy atom. The molecule has 0 atom stereocenters. The van der Waals surface area contributed by atoms with Crippen molar-refractivity contribution in [1.29, 1.82) is 5.26 Å². The van der Waals surface area contributed by atoms with Crippen molar-refractivity contribution in [1.82, 2.24) is 14.9 Å². The highest BCUT2D eigenvalue weighted by molar-refractivity contribution is 7.91. The van der Waals surface area contributed by atoms with Crippen LogP contribution < -0.4 is 5.32 Å². The molecule has 0 aliphatic carbocycles. The summed E-state index contributed by atoms with van der Waals surface area (Å²) < 4.78 is 26.1. The van der Waals surface area contributed by atoms with Gasteiger partial charge in [0, 0.05) is 25.5 Å². The molecule has 132 valence electrons. The number of carbonyl (C=O) groups is 1. The molecular weight excluding hydrogens is 340 g/mol. The molecule has 0 aliphatic rings. The predicted molar refractivity (Wildman–Crippen MR) is 93.2 cm³/mol. The lowest BCUT2D eigenvalue weighted by molar-refractivity contribution is -0.118. The average Bonchev–Trinajstić information content (AvgIpc) is 2.96. The molecule has 8 heteroatoms. The van der Waals surface area contributed by atoms with Gasteiger partial charge in [0.2, 0.25) is 5.91 Å². The fraction of sp³-hybridized carbons (Fsp3) is 0.353. The van der Waals surface area contributed by atoms with Crippen molar-refractivity contribution in [2.75, 3.05) is 12.3 Å². The minimum atomic E-state index is -3.55. The summed E-state index contributed by atoms with van der Waals surface area (Å²) in [5, 5.41) is 11.4. The number of nitriles is 1. The van der Waals surface area contributed by atoms with Crippen molar-refractivity contribution in [2.45, 2.75) is 25.6 Å². The predicted octanol–water partition coefficient (Wildman–Crippen LogP) is 1.18. The standard InChI is InChI=1S/C17H20N4O3S/c1-14-19-8-10-21(14)9-2-7-20-17(22)13-25(23,24)12-16-5-3-15(11-18)4-6-16/h3-6,8,10H,2,7,9,12-13H2,1H3,(H,20,22). The maximum Gasteiger partial charge on any atom is 0.235 e. The lowest BCUT2D eigenvalue weighted by Crippen LogP contribution is -2.32. The molecule has 0 unspecified atom stereocenters. The molecule has 1 amide bonds. The molecular formula is C17H20N4O3S. The summed E-state index contributed by atoms with van der Waals surface area (Å²) in [5.41, 5.74) is 1.02. The van der Waals surface area contributed by atoms with Gasteiger partial charge in [-0.05, 0) is 31.0 Å². The maximum atomic E-state index is 12.1. The molecule has 0 radical (unpaired) electrons. The quantitative estimate of drug-likeness (QED) is 0.712. The van der Waals surface area contributed by atoms with Crippen molar-refractivity contribution in [2.24, 2.45) is 0 Å². The molecule has 2 rings (SSSR count). The van der Waals surface area contributed by atoms with Crippen LogP contribution in [0.1, 0.15) is 23.4 Å². The summed E-state index contributed by atoms with van der Waals surface area (Å²) in [6.07, 6.45) is 4.27. The number of hydrogen-bond acceptors (Lipinski definition) is 5. The van der Waals surface area contributed by atoms with Crippen LogP contribution in [-0.2, 0) is 26.9 Å². The fourth-order valence-electron chi connectivity index (χ4n) is 2.35. The van der Waals surface area contributed by atoms with Crippen LogP contribution in [0, 0.1) is 18.3 Å². The molecule has 0 fully saturated rings. The molecule has 1 N–H and O–H groups in total. The highest BCUT2D eigenvalue weighted by Gasteiger charge is 2.17. The van der Waals surface area contributed by atoms with Gasteiger partial charge in [0.25, 0.3) is 0 Å². The summed E-state index contributed by atoms with van der Waals surface area (Å²) >= 11 is 0. The van der Waals surface area contributed by atoms with Gasteiger partial charge in [-0.1, -0.05) is 12.1 Å². The molecule has 0 saturated heterocycles. The van der Waals surface area contributed by atoms with Crippen LogP contribution in [0.5, 0.6) is 0 Å². The Morgan fingerprint density at radius 1 is 1.32 bits per heavy atom. The lowest BCUT2D eigenvalue weighted by atomic mass is 10.2. The Labute approximate surface area is 147 Å². The summed E-state index contributed by atoms with van der Waals surface area (Å²) in [4.78, 5) is 15.9. The molecule has 0 aliphatic heterocycles. The second kappa shape index (κ2) is 8.44. The van der Waals surface area contributed by atoms with Crippen molar-refractivity contribution < 1.29 is 13.2 Å². The number of aromatic nitrogens is 2. The van der Waals surface area contributed by atoms with E-state index in [1.165, 1.54) is 0 Å². The summed E-state index contributed by atoms with van der Waals surface area (Å²) in [6.45, 7) is 3.02. The zero-order valence-electron chi connectivity index (χ0n) is 14.0. The van der Waals surface area contributed by atoms with E-state index in [0.29, 0.717) is 30.6 Å².